The molecule has 13 heavy (non-hydrogen) atoms. The van der Waals surface area contributed by atoms with Gasteiger partial charge in [-0.1, -0.05) is 0 Å². The summed E-state index contributed by atoms with van der Waals surface area (Å²) in [7, 11) is 1.37. The van der Waals surface area contributed by atoms with E-state index < -0.39 is 0 Å². The van der Waals surface area contributed by atoms with Crippen LogP contribution in [0.25, 0.3) is 0 Å². The van der Waals surface area contributed by atoms with Crippen molar-refractivity contribution in [3.8, 4) is 0 Å². The lowest BCUT2D eigenvalue weighted by atomic mass is 10.4. The fraction of sp³-hybridized carbons (Fsp3) is 0.500. The molecule has 4 nitrogen and oxygen atoms in total. The van der Waals surface area contributed by atoms with E-state index in [9.17, 15) is 4.79 Å². The van der Waals surface area contributed by atoms with E-state index in [1.807, 2.05) is 4.57 Å². The van der Waals surface area contributed by atoms with Crippen LogP contribution in [0, 0.1) is 0 Å². The summed E-state index contributed by atoms with van der Waals surface area (Å²) in [6, 6.07) is 0.438. The summed E-state index contributed by atoms with van der Waals surface area (Å²) in [6.07, 6.45) is 3.91. The lowest BCUT2D eigenvalue weighted by molar-refractivity contribution is 0.0587. The minimum absolute atomic E-state index is 0.337. The van der Waals surface area contributed by atoms with Crippen LogP contribution < -0.4 is 0 Å². The number of carbonyl (C=O) groups excluding carboxylic acids is 1. The Kier molecular flexibility index (Phi) is 2.11. The predicted octanol–water partition coefficient (Wildman–Crippen LogP) is 1.77. The van der Waals surface area contributed by atoms with Crippen molar-refractivity contribution < 1.29 is 9.53 Å². The molecule has 1 aliphatic rings. The van der Waals surface area contributed by atoms with Crippen molar-refractivity contribution in [3.63, 3.8) is 0 Å². The molecule has 1 fully saturated rings. The van der Waals surface area contributed by atoms with Crippen LogP contribution in [-0.4, -0.2) is 22.6 Å². The molecule has 0 bridgehead atoms. The van der Waals surface area contributed by atoms with Gasteiger partial charge in [-0.2, -0.15) is 0 Å². The van der Waals surface area contributed by atoms with E-state index in [4.69, 9.17) is 0 Å². The Hall–Kier alpha value is -0.840. The summed E-state index contributed by atoms with van der Waals surface area (Å²) in [6.45, 7) is 0. The smallest absolute Gasteiger partial charge is 0.357 e. The van der Waals surface area contributed by atoms with E-state index in [1.165, 1.54) is 7.11 Å². The zero-order valence-corrected chi connectivity index (χ0v) is 8.74. The van der Waals surface area contributed by atoms with Crippen LogP contribution >= 0.6 is 15.9 Å². The van der Waals surface area contributed by atoms with E-state index in [0.29, 0.717) is 16.3 Å². The fourth-order valence-corrected chi connectivity index (χ4v) is 1.71. The monoisotopic (exact) mass is 244 g/mol. The first-order valence-electron chi connectivity index (χ1n) is 4.04. The third kappa shape index (κ3) is 1.48. The summed E-state index contributed by atoms with van der Waals surface area (Å²) < 4.78 is 7.10. The molecule has 1 aromatic heterocycles. The predicted molar refractivity (Wildman–Crippen MR) is 49.5 cm³/mol. The maximum atomic E-state index is 11.3. The number of esters is 1. The maximum Gasteiger partial charge on any atom is 0.357 e. The summed E-state index contributed by atoms with van der Waals surface area (Å²) in [5.41, 5.74) is 0.519. The number of halogens is 1. The third-order valence-corrected chi connectivity index (χ3v) is 2.65. The fourth-order valence-electron chi connectivity index (χ4n) is 1.25. The number of hydrogen-bond acceptors (Lipinski definition) is 3. The lowest BCUT2D eigenvalue weighted by Gasteiger charge is -2.03. The molecule has 0 saturated heterocycles. The summed E-state index contributed by atoms with van der Waals surface area (Å²) in [5.74, 6) is -0.337. The Bertz CT molecular complexity index is 344. The molecule has 5 heteroatoms. The first kappa shape index (κ1) is 8.74. The number of rotatable bonds is 2. The highest BCUT2D eigenvalue weighted by Crippen LogP contribution is 2.37. The molecule has 0 amide bonds. The molecular formula is C8H9BrN2O2. The van der Waals surface area contributed by atoms with Crippen molar-refractivity contribution in [1.82, 2.24) is 9.55 Å². The number of methoxy groups -OCH3 is 1. The largest absolute Gasteiger partial charge is 0.464 e. The highest BCUT2D eigenvalue weighted by Gasteiger charge is 2.29. The number of nitrogens with zero attached hydrogens (tertiary/aromatic N) is 2. The average molecular weight is 245 g/mol. The van der Waals surface area contributed by atoms with Crippen LogP contribution in [0.5, 0.6) is 0 Å². The van der Waals surface area contributed by atoms with E-state index in [1.54, 1.807) is 6.33 Å². The van der Waals surface area contributed by atoms with E-state index in [-0.39, 0.29) is 5.97 Å². The molecule has 0 N–H and O–H groups in total. The van der Waals surface area contributed by atoms with Gasteiger partial charge in [-0.25, -0.2) is 9.78 Å². The molecule has 0 aliphatic heterocycles. The van der Waals surface area contributed by atoms with Gasteiger partial charge in [-0.15, -0.1) is 0 Å². The second kappa shape index (κ2) is 3.14. The maximum absolute atomic E-state index is 11.3. The number of aromatic nitrogens is 2. The van der Waals surface area contributed by atoms with Gasteiger partial charge < -0.3 is 9.30 Å². The summed E-state index contributed by atoms with van der Waals surface area (Å²) in [4.78, 5) is 15.4. The summed E-state index contributed by atoms with van der Waals surface area (Å²) in [5, 5.41) is 0. The van der Waals surface area contributed by atoms with Gasteiger partial charge in [0.2, 0.25) is 0 Å². The first-order valence-corrected chi connectivity index (χ1v) is 4.84. The van der Waals surface area contributed by atoms with Gasteiger partial charge in [0.25, 0.3) is 0 Å². The van der Waals surface area contributed by atoms with Crippen molar-refractivity contribution in [2.45, 2.75) is 18.9 Å². The molecule has 70 valence electrons. The number of hydrogen-bond donors (Lipinski definition) is 0. The molecule has 0 spiro atoms. The molecular weight excluding hydrogens is 236 g/mol. The molecule has 1 aromatic rings. The summed E-state index contributed by atoms with van der Waals surface area (Å²) >= 11 is 3.22. The topological polar surface area (TPSA) is 44.1 Å². The van der Waals surface area contributed by atoms with Crippen molar-refractivity contribution in [2.24, 2.45) is 0 Å². The van der Waals surface area contributed by atoms with Crippen molar-refractivity contribution in [2.75, 3.05) is 7.11 Å². The molecule has 0 atom stereocenters. The zero-order chi connectivity index (χ0) is 9.42. The normalized spacial score (nSPS) is 15.8. The molecule has 0 unspecified atom stereocenters. The number of imidazole rings is 1. The quantitative estimate of drug-likeness (QED) is 0.746. The third-order valence-electron chi connectivity index (χ3n) is 2.07. The Balaban J connectivity index is 2.39. The molecule has 0 aromatic carbocycles. The average Bonchev–Trinajstić information content (AvgIpc) is 2.89. The molecule has 1 heterocycles. The SMILES string of the molecule is COC(=O)c1c(Br)ncn1C1CC1. The van der Waals surface area contributed by atoms with Gasteiger partial charge in [0.05, 0.1) is 13.4 Å². The van der Waals surface area contributed by atoms with Crippen molar-refractivity contribution in [1.29, 1.82) is 0 Å². The molecule has 2 rings (SSSR count). The number of ether oxygens (including phenoxy) is 1. The Morgan fingerprint density at radius 1 is 1.77 bits per heavy atom. The minimum atomic E-state index is -0.337. The van der Waals surface area contributed by atoms with Crippen LogP contribution in [-0.2, 0) is 4.74 Å². The van der Waals surface area contributed by atoms with Crippen LogP contribution in [0.2, 0.25) is 0 Å². The Labute approximate surface area is 84.0 Å². The van der Waals surface area contributed by atoms with Gasteiger partial charge in [0.15, 0.2) is 5.69 Å². The zero-order valence-electron chi connectivity index (χ0n) is 7.16. The lowest BCUT2D eigenvalue weighted by Crippen LogP contribution is -2.09. The first-order chi connectivity index (χ1) is 6.24. The van der Waals surface area contributed by atoms with E-state index in [2.05, 4.69) is 25.7 Å². The van der Waals surface area contributed by atoms with Gasteiger partial charge in [-0.3, -0.25) is 0 Å². The van der Waals surface area contributed by atoms with Gasteiger partial charge in [0, 0.05) is 6.04 Å². The van der Waals surface area contributed by atoms with Gasteiger partial charge >= 0.3 is 5.97 Å². The van der Waals surface area contributed by atoms with Crippen molar-refractivity contribution in [3.05, 3.63) is 16.6 Å². The highest BCUT2D eigenvalue weighted by molar-refractivity contribution is 9.10. The van der Waals surface area contributed by atoms with Gasteiger partial charge in [0.1, 0.15) is 4.60 Å². The van der Waals surface area contributed by atoms with E-state index >= 15 is 0 Å². The van der Waals surface area contributed by atoms with Crippen LogP contribution in [0.1, 0.15) is 29.4 Å². The highest BCUT2D eigenvalue weighted by atomic mass is 79.9. The van der Waals surface area contributed by atoms with Crippen LogP contribution in [0.4, 0.5) is 0 Å². The minimum Gasteiger partial charge on any atom is -0.464 e. The van der Waals surface area contributed by atoms with E-state index in [0.717, 1.165) is 12.8 Å². The molecule has 1 aliphatic carbocycles. The standard InChI is InChI=1S/C8H9BrN2O2/c1-13-8(12)6-7(9)10-4-11(6)5-2-3-5/h4-5H,2-3H2,1H3. The second-order valence-corrected chi connectivity index (χ2v) is 3.77. The Morgan fingerprint density at radius 3 is 3.00 bits per heavy atom. The molecule has 1 saturated carbocycles. The van der Waals surface area contributed by atoms with Crippen molar-refractivity contribution >= 4 is 21.9 Å². The second-order valence-electron chi connectivity index (χ2n) is 3.01. The number of carbonyl (C=O) groups is 1. The Morgan fingerprint density at radius 2 is 2.46 bits per heavy atom. The van der Waals surface area contributed by atoms with Crippen LogP contribution in [0.3, 0.4) is 0 Å². The van der Waals surface area contributed by atoms with Gasteiger partial charge in [-0.05, 0) is 28.8 Å². The molecule has 0 radical (unpaired) electrons. The van der Waals surface area contributed by atoms with Crippen LogP contribution in [0.15, 0.2) is 10.9 Å².